The van der Waals surface area contributed by atoms with Crippen LogP contribution in [0.1, 0.15) is 40.0 Å². The molecule has 0 fully saturated rings. The molecule has 0 aromatic rings. The van der Waals surface area contributed by atoms with Crippen LogP contribution in [-0.2, 0) is 19.0 Å². The summed E-state index contributed by atoms with van der Waals surface area (Å²) in [6.45, 7) is 9.57. The maximum atomic E-state index is 11.1. The maximum Gasteiger partial charge on any atom is 0.404 e. The molecule has 0 rings (SSSR count). The summed E-state index contributed by atoms with van der Waals surface area (Å²) in [4.78, 5) is 32.8. The monoisotopic (exact) mass is 344 g/mol. The predicted molar refractivity (Wildman–Crippen MR) is 87.9 cm³/mol. The standard InChI is InChI=1S/C16H28N2O6/c1-5-13(19)22-10-7-12(24-15(18)21)11(2)16(3,4)8-6-9-23-14(17)20/h5,11-12H,1,6-10H2,2-4H3,(H2,17,20)(H2,18,21). The quantitative estimate of drug-likeness (QED) is 0.255. The lowest BCUT2D eigenvalue weighted by molar-refractivity contribution is -0.138. The van der Waals surface area contributed by atoms with Crippen molar-refractivity contribution in [2.75, 3.05) is 13.2 Å². The van der Waals surface area contributed by atoms with E-state index in [1.54, 1.807) is 0 Å². The summed E-state index contributed by atoms with van der Waals surface area (Å²) in [6.07, 6.45) is 0.532. The highest BCUT2D eigenvalue weighted by Gasteiger charge is 2.34. The Labute approximate surface area is 142 Å². The van der Waals surface area contributed by atoms with Crippen LogP contribution in [0.3, 0.4) is 0 Å². The lowest BCUT2D eigenvalue weighted by Crippen LogP contribution is -2.37. The van der Waals surface area contributed by atoms with Gasteiger partial charge < -0.3 is 25.7 Å². The summed E-state index contributed by atoms with van der Waals surface area (Å²) in [5.74, 6) is -0.607. The molecule has 2 amide bonds. The highest BCUT2D eigenvalue weighted by Crippen LogP contribution is 2.36. The van der Waals surface area contributed by atoms with Gasteiger partial charge >= 0.3 is 18.2 Å². The van der Waals surface area contributed by atoms with Crippen molar-refractivity contribution in [3.8, 4) is 0 Å². The summed E-state index contributed by atoms with van der Waals surface area (Å²) in [5.41, 5.74) is 9.81. The van der Waals surface area contributed by atoms with Crippen LogP contribution in [0.25, 0.3) is 0 Å². The number of hydrogen-bond acceptors (Lipinski definition) is 6. The highest BCUT2D eigenvalue weighted by molar-refractivity contribution is 5.81. The fourth-order valence-electron chi connectivity index (χ4n) is 2.33. The lowest BCUT2D eigenvalue weighted by Gasteiger charge is -2.36. The van der Waals surface area contributed by atoms with Crippen molar-refractivity contribution in [1.29, 1.82) is 0 Å². The van der Waals surface area contributed by atoms with Crippen LogP contribution in [0, 0.1) is 11.3 Å². The SMILES string of the molecule is C=CC(=O)OCCC(OC(N)=O)C(C)C(C)(C)CCCOC(N)=O. The van der Waals surface area contributed by atoms with E-state index in [-0.39, 0.29) is 24.5 Å². The zero-order valence-electron chi connectivity index (χ0n) is 14.6. The number of hydrogen-bond donors (Lipinski definition) is 2. The third-order valence-electron chi connectivity index (χ3n) is 4.08. The van der Waals surface area contributed by atoms with Crippen molar-refractivity contribution in [2.45, 2.75) is 46.1 Å². The van der Waals surface area contributed by atoms with E-state index in [0.717, 1.165) is 6.08 Å². The van der Waals surface area contributed by atoms with Crippen LogP contribution in [-0.4, -0.2) is 37.5 Å². The molecule has 0 aliphatic carbocycles. The van der Waals surface area contributed by atoms with E-state index >= 15 is 0 Å². The Morgan fingerprint density at radius 2 is 1.75 bits per heavy atom. The molecule has 8 heteroatoms. The average molecular weight is 344 g/mol. The first-order valence-corrected chi connectivity index (χ1v) is 7.77. The van der Waals surface area contributed by atoms with Crippen LogP contribution in [0.15, 0.2) is 12.7 Å². The molecule has 8 nitrogen and oxygen atoms in total. The number of carbonyl (C=O) groups excluding carboxylic acids is 3. The minimum absolute atomic E-state index is 0.0685. The molecule has 0 bridgehead atoms. The first kappa shape index (κ1) is 21.8. The number of rotatable bonds is 11. The Morgan fingerprint density at radius 1 is 1.12 bits per heavy atom. The zero-order chi connectivity index (χ0) is 18.8. The first-order valence-electron chi connectivity index (χ1n) is 7.77. The summed E-state index contributed by atoms with van der Waals surface area (Å²) >= 11 is 0. The van der Waals surface area contributed by atoms with Crippen molar-refractivity contribution in [3.63, 3.8) is 0 Å². The molecule has 0 heterocycles. The Morgan fingerprint density at radius 3 is 2.25 bits per heavy atom. The second kappa shape index (κ2) is 10.5. The predicted octanol–water partition coefficient (Wildman–Crippen LogP) is 2.11. The molecule has 138 valence electrons. The van der Waals surface area contributed by atoms with Gasteiger partial charge in [-0.3, -0.25) is 0 Å². The van der Waals surface area contributed by atoms with Crippen molar-refractivity contribution in [3.05, 3.63) is 12.7 Å². The fraction of sp³-hybridized carbons (Fsp3) is 0.688. The Balaban J connectivity index is 4.65. The average Bonchev–Trinajstić information content (AvgIpc) is 2.49. The van der Waals surface area contributed by atoms with Gasteiger partial charge in [0.25, 0.3) is 0 Å². The number of carbonyl (C=O) groups is 3. The molecule has 0 aromatic heterocycles. The molecule has 2 atom stereocenters. The third-order valence-corrected chi connectivity index (χ3v) is 4.08. The van der Waals surface area contributed by atoms with E-state index in [1.165, 1.54) is 0 Å². The second-order valence-electron chi connectivity index (χ2n) is 6.18. The first-order chi connectivity index (χ1) is 11.1. The van der Waals surface area contributed by atoms with Crippen LogP contribution >= 0.6 is 0 Å². The van der Waals surface area contributed by atoms with E-state index in [0.29, 0.717) is 19.3 Å². The van der Waals surface area contributed by atoms with Gasteiger partial charge in [0.15, 0.2) is 0 Å². The molecule has 0 aromatic carbocycles. The van der Waals surface area contributed by atoms with Crippen LogP contribution in [0.5, 0.6) is 0 Å². The molecule has 0 saturated carbocycles. The summed E-state index contributed by atoms with van der Waals surface area (Å²) in [7, 11) is 0. The number of nitrogens with two attached hydrogens (primary N) is 2. The zero-order valence-corrected chi connectivity index (χ0v) is 14.6. The van der Waals surface area contributed by atoms with Crippen molar-refractivity contribution in [1.82, 2.24) is 0 Å². The normalized spacial score (nSPS) is 13.5. The number of esters is 1. The largest absolute Gasteiger partial charge is 0.462 e. The number of primary amides is 2. The molecule has 0 aliphatic rings. The molecular weight excluding hydrogens is 316 g/mol. The summed E-state index contributed by atoms with van der Waals surface area (Å²) < 4.78 is 14.8. The molecular formula is C16H28N2O6. The summed E-state index contributed by atoms with van der Waals surface area (Å²) in [5, 5.41) is 0. The molecule has 0 spiro atoms. The Hall–Kier alpha value is -2.25. The maximum absolute atomic E-state index is 11.1. The van der Waals surface area contributed by atoms with Gasteiger partial charge in [-0.15, -0.1) is 0 Å². The smallest absolute Gasteiger partial charge is 0.404 e. The second-order valence-corrected chi connectivity index (χ2v) is 6.18. The molecule has 4 N–H and O–H groups in total. The summed E-state index contributed by atoms with van der Waals surface area (Å²) in [6, 6.07) is 0. The van der Waals surface area contributed by atoms with Gasteiger partial charge in [0.05, 0.1) is 13.2 Å². The third kappa shape index (κ3) is 9.02. The molecule has 24 heavy (non-hydrogen) atoms. The van der Waals surface area contributed by atoms with E-state index in [2.05, 4.69) is 6.58 Å². The van der Waals surface area contributed by atoms with Crippen LogP contribution in [0.4, 0.5) is 9.59 Å². The molecule has 2 unspecified atom stereocenters. The topological polar surface area (TPSA) is 131 Å². The Bertz CT molecular complexity index is 450. The van der Waals surface area contributed by atoms with Crippen molar-refractivity contribution in [2.24, 2.45) is 22.8 Å². The molecule has 0 radical (unpaired) electrons. The number of ether oxygens (including phenoxy) is 3. The minimum Gasteiger partial charge on any atom is -0.462 e. The van der Waals surface area contributed by atoms with Gasteiger partial charge in [0.1, 0.15) is 6.10 Å². The lowest BCUT2D eigenvalue weighted by atomic mass is 9.73. The van der Waals surface area contributed by atoms with E-state index < -0.39 is 24.3 Å². The van der Waals surface area contributed by atoms with Crippen LogP contribution in [0.2, 0.25) is 0 Å². The fourth-order valence-corrected chi connectivity index (χ4v) is 2.33. The Kier molecular flexibility index (Phi) is 9.53. The van der Waals surface area contributed by atoms with Gasteiger partial charge in [-0.1, -0.05) is 27.4 Å². The van der Waals surface area contributed by atoms with E-state index in [9.17, 15) is 14.4 Å². The van der Waals surface area contributed by atoms with Gasteiger partial charge in [0, 0.05) is 12.5 Å². The van der Waals surface area contributed by atoms with Gasteiger partial charge in [0.2, 0.25) is 0 Å². The van der Waals surface area contributed by atoms with Crippen LogP contribution < -0.4 is 11.5 Å². The number of amides is 2. The molecule has 0 aliphatic heterocycles. The highest BCUT2D eigenvalue weighted by atomic mass is 16.6. The van der Waals surface area contributed by atoms with E-state index in [4.69, 9.17) is 25.7 Å². The minimum atomic E-state index is -0.880. The van der Waals surface area contributed by atoms with Crippen molar-refractivity contribution >= 4 is 18.2 Å². The van der Waals surface area contributed by atoms with Crippen molar-refractivity contribution < 1.29 is 28.6 Å². The molecule has 0 saturated heterocycles. The van der Waals surface area contributed by atoms with E-state index in [1.807, 2.05) is 20.8 Å². The van der Waals surface area contributed by atoms with Gasteiger partial charge in [-0.05, 0) is 24.2 Å². The van der Waals surface area contributed by atoms with Gasteiger partial charge in [-0.2, -0.15) is 0 Å². The van der Waals surface area contributed by atoms with Gasteiger partial charge in [-0.25, -0.2) is 14.4 Å².